The predicted octanol–water partition coefficient (Wildman–Crippen LogP) is 6.16. The number of hydrogen-bond acceptors (Lipinski definition) is 10. The molecule has 1 aliphatic carbocycles. The fourth-order valence-corrected chi connectivity index (χ4v) is 7.50. The number of aliphatic hydroxyl groups excluding tert-OH is 2. The highest BCUT2D eigenvalue weighted by molar-refractivity contribution is 6.32. The largest absolute Gasteiger partial charge is 0.493 e. The molecule has 284 valence electrons. The molecule has 0 radical (unpaired) electrons. The van der Waals surface area contributed by atoms with E-state index in [0.717, 1.165) is 73.3 Å². The van der Waals surface area contributed by atoms with Crippen LogP contribution in [0.15, 0.2) is 67.0 Å². The molecule has 1 saturated heterocycles. The van der Waals surface area contributed by atoms with Crippen molar-refractivity contribution < 1.29 is 34.3 Å². The molecule has 0 saturated carbocycles. The summed E-state index contributed by atoms with van der Waals surface area (Å²) in [5.41, 5.74) is 11.1. The molecule has 1 fully saturated rings. The Morgan fingerprint density at radius 2 is 1.83 bits per heavy atom. The number of piperidine rings is 1. The maximum Gasteiger partial charge on any atom is 0.326 e. The van der Waals surface area contributed by atoms with Crippen molar-refractivity contribution in [1.29, 1.82) is 5.26 Å². The maximum absolute atomic E-state index is 12.2. The minimum Gasteiger partial charge on any atom is -0.493 e. The number of fused-ring (bicyclic) bond motifs is 1. The third kappa shape index (κ3) is 8.81. The molecule has 3 atom stereocenters. The highest BCUT2D eigenvalue weighted by Crippen LogP contribution is 2.44. The predicted molar refractivity (Wildman–Crippen MR) is 205 cm³/mol. The average Bonchev–Trinajstić information content (AvgIpc) is 3.58. The van der Waals surface area contributed by atoms with Gasteiger partial charge in [0.2, 0.25) is 0 Å². The molecule has 0 amide bonds. The number of aliphatic hydroxyl groups is 2. The van der Waals surface area contributed by atoms with E-state index < -0.39 is 17.6 Å². The molecule has 0 bridgehead atoms. The van der Waals surface area contributed by atoms with Crippen molar-refractivity contribution in [1.82, 2.24) is 9.88 Å². The van der Waals surface area contributed by atoms with Gasteiger partial charge in [0.1, 0.15) is 41.6 Å². The average molecular weight is 755 g/mol. The topological polar surface area (TPSA) is 171 Å². The van der Waals surface area contributed by atoms with Crippen LogP contribution in [0.4, 0.5) is 0 Å². The van der Waals surface area contributed by atoms with Gasteiger partial charge in [0.25, 0.3) is 0 Å². The number of nitrogens with zero attached hydrogens (tertiary/aromatic N) is 3. The molecule has 3 aromatic carbocycles. The normalized spacial score (nSPS) is 17.6. The number of carbonyl (C=O) groups is 1. The summed E-state index contributed by atoms with van der Waals surface area (Å²) in [6, 6.07) is 19.3. The van der Waals surface area contributed by atoms with Gasteiger partial charge in [-0.25, -0.2) is 0 Å². The van der Waals surface area contributed by atoms with Crippen molar-refractivity contribution in [2.24, 2.45) is 5.73 Å². The summed E-state index contributed by atoms with van der Waals surface area (Å²) >= 11 is 6.82. The number of carboxylic acids is 1. The van der Waals surface area contributed by atoms with Gasteiger partial charge in [-0.2, -0.15) is 5.26 Å². The molecule has 0 spiro atoms. The number of likely N-dealkylation sites (tertiary alicyclic amines) is 1. The quantitative estimate of drug-likeness (QED) is 0.103. The fourth-order valence-electron chi connectivity index (χ4n) is 7.26. The molecule has 1 aromatic heterocycles. The zero-order valence-corrected chi connectivity index (χ0v) is 31.4. The Hall–Kier alpha value is -4.70. The second-order valence-electron chi connectivity index (χ2n) is 14.3. The molecule has 2 aliphatic rings. The molecule has 54 heavy (non-hydrogen) atoms. The molecule has 12 heteroatoms. The summed E-state index contributed by atoms with van der Waals surface area (Å²) in [4.78, 5) is 18.7. The van der Waals surface area contributed by atoms with Crippen molar-refractivity contribution in [3.63, 3.8) is 0 Å². The molecule has 6 rings (SSSR count). The summed E-state index contributed by atoms with van der Waals surface area (Å²) in [7, 11) is 0. The van der Waals surface area contributed by atoms with Crippen LogP contribution >= 0.6 is 11.6 Å². The number of aromatic nitrogens is 1. The number of nitrogens with two attached hydrogens (primary N) is 1. The summed E-state index contributed by atoms with van der Waals surface area (Å²) in [6.07, 6.45) is 4.96. The summed E-state index contributed by atoms with van der Waals surface area (Å²) < 4.78 is 19.1. The van der Waals surface area contributed by atoms with E-state index in [1.807, 2.05) is 18.2 Å². The number of hydrogen-bond donors (Lipinski definition) is 4. The molecular formula is C42H47ClN4O7. The van der Waals surface area contributed by atoms with E-state index in [9.17, 15) is 25.4 Å². The smallest absolute Gasteiger partial charge is 0.326 e. The Labute approximate surface area is 320 Å². The second kappa shape index (κ2) is 17.2. The number of benzene rings is 3. The minimum atomic E-state index is -2.01. The van der Waals surface area contributed by atoms with Crippen LogP contribution in [0.2, 0.25) is 5.02 Å². The van der Waals surface area contributed by atoms with E-state index in [4.69, 9.17) is 31.5 Å². The van der Waals surface area contributed by atoms with Crippen LogP contribution < -0.4 is 19.9 Å². The minimum absolute atomic E-state index is 0.0249. The number of halogens is 1. The van der Waals surface area contributed by atoms with E-state index in [0.29, 0.717) is 35.5 Å². The van der Waals surface area contributed by atoms with Gasteiger partial charge in [0, 0.05) is 50.1 Å². The third-order valence-corrected chi connectivity index (χ3v) is 10.8. The Morgan fingerprint density at radius 1 is 1.07 bits per heavy atom. The first kappa shape index (κ1) is 39.0. The number of carboxylic acid groups (broad SMARTS) is 1. The Kier molecular flexibility index (Phi) is 12.4. The maximum atomic E-state index is 12.2. The SMILES string of the molecule is Cc1c(OCCCN2CCC(O)CC2)cccc1-c1cccc2c1CC[C@@H]2Oc1cc(OCc2cncc(C#N)c2)c(CC(N)(C(=O)O)C(C)O)cc1Cl. The molecule has 5 N–H and O–H groups in total. The number of nitriles is 1. The molecule has 2 unspecified atom stereocenters. The molecular weight excluding hydrogens is 708 g/mol. The van der Waals surface area contributed by atoms with E-state index in [2.05, 4.69) is 41.1 Å². The van der Waals surface area contributed by atoms with Gasteiger partial charge in [-0.15, -0.1) is 0 Å². The number of pyridine rings is 1. The molecule has 11 nitrogen and oxygen atoms in total. The van der Waals surface area contributed by atoms with E-state index in [-0.39, 0.29) is 36.0 Å². The molecule has 2 heterocycles. The van der Waals surface area contributed by atoms with Gasteiger partial charge in [0.05, 0.1) is 29.4 Å². The lowest BCUT2D eigenvalue weighted by Crippen LogP contribution is -2.58. The number of ether oxygens (including phenoxy) is 3. The van der Waals surface area contributed by atoms with E-state index >= 15 is 0 Å². The third-order valence-electron chi connectivity index (χ3n) is 10.6. The van der Waals surface area contributed by atoms with Crippen molar-refractivity contribution in [3.8, 4) is 34.4 Å². The summed E-state index contributed by atoms with van der Waals surface area (Å²) in [5.74, 6) is 0.124. The van der Waals surface area contributed by atoms with Crippen LogP contribution in [0.5, 0.6) is 17.2 Å². The summed E-state index contributed by atoms with van der Waals surface area (Å²) in [6.45, 7) is 6.86. The van der Waals surface area contributed by atoms with Gasteiger partial charge in [-0.1, -0.05) is 41.9 Å². The van der Waals surface area contributed by atoms with Crippen molar-refractivity contribution in [2.75, 3.05) is 26.2 Å². The van der Waals surface area contributed by atoms with E-state index in [1.165, 1.54) is 18.7 Å². The van der Waals surface area contributed by atoms with Gasteiger partial charge in [-0.05, 0) is 97.5 Å². The molecule has 4 aromatic rings. The Morgan fingerprint density at radius 3 is 2.57 bits per heavy atom. The van der Waals surface area contributed by atoms with Crippen molar-refractivity contribution in [2.45, 2.75) is 82.8 Å². The number of aliphatic carboxylic acids is 1. The molecule has 1 aliphatic heterocycles. The first-order valence-electron chi connectivity index (χ1n) is 18.4. The Balaban J connectivity index is 1.22. The zero-order chi connectivity index (χ0) is 38.4. The second-order valence-corrected chi connectivity index (χ2v) is 14.7. The van der Waals surface area contributed by atoms with Crippen molar-refractivity contribution in [3.05, 3.63) is 105 Å². The van der Waals surface area contributed by atoms with Gasteiger partial charge in [-0.3, -0.25) is 9.78 Å². The van der Waals surface area contributed by atoms with Gasteiger partial charge >= 0.3 is 5.97 Å². The van der Waals surface area contributed by atoms with Crippen LogP contribution in [0, 0.1) is 18.3 Å². The number of rotatable bonds is 15. The monoisotopic (exact) mass is 754 g/mol. The van der Waals surface area contributed by atoms with Crippen molar-refractivity contribution >= 4 is 17.6 Å². The first-order valence-corrected chi connectivity index (χ1v) is 18.8. The van der Waals surface area contributed by atoms with Crippen LogP contribution in [0.25, 0.3) is 11.1 Å². The lowest BCUT2D eigenvalue weighted by molar-refractivity contribution is -0.147. The lowest BCUT2D eigenvalue weighted by Gasteiger charge is -2.29. The highest BCUT2D eigenvalue weighted by Gasteiger charge is 2.40. The van der Waals surface area contributed by atoms with Crippen LogP contribution in [-0.2, 0) is 24.2 Å². The fraction of sp³-hybridized carbons (Fsp3) is 0.405. The van der Waals surface area contributed by atoms with E-state index in [1.54, 1.807) is 24.4 Å². The Bertz CT molecular complexity index is 2010. The highest BCUT2D eigenvalue weighted by atomic mass is 35.5. The van der Waals surface area contributed by atoms with Crippen LogP contribution in [-0.4, -0.2) is 75.2 Å². The van der Waals surface area contributed by atoms with Gasteiger partial charge in [0.15, 0.2) is 0 Å². The van der Waals surface area contributed by atoms with Crippen LogP contribution in [0.1, 0.15) is 72.1 Å². The zero-order valence-electron chi connectivity index (χ0n) is 30.6. The first-order chi connectivity index (χ1) is 26.0. The van der Waals surface area contributed by atoms with Gasteiger partial charge < -0.3 is 40.2 Å². The standard InChI is InChI=1S/C42H47ClN4O7/c1-26-32(6-4-9-37(26)52-17-5-14-47-15-12-31(49)13-16-47)33-7-3-8-35-34(33)10-11-38(35)54-40-20-39(53-25-29-18-28(22-44)23-46-24-29)30(19-36(40)43)21-42(45,27(2)48)41(50)51/h3-4,6-9,18-20,23-24,27,31,38,48-49H,5,10-17,21,25,45H2,1-2H3,(H,50,51)/t27?,38-,42?/m0/s1. The van der Waals surface area contributed by atoms with Crippen LogP contribution in [0.3, 0.4) is 0 Å². The lowest BCUT2D eigenvalue weighted by atomic mass is 9.86. The summed E-state index contributed by atoms with van der Waals surface area (Å²) in [5, 5.41) is 39.6.